The van der Waals surface area contributed by atoms with E-state index in [0.29, 0.717) is 0 Å². The lowest BCUT2D eigenvalue weighted by Gasteiger charge is -2.24. The van der Waals surface area contributed by atoms with E-state index in [0.717, 1.165) is 28.8 Å². The molecule has 0 aromatic carbocycles. The molecule has 5 heteroatoms. The molecule has 0 bridgehead atoms. The standard InChI is InChI=1S/C13H18N4S/c1-5-10-8-11(16-9(2)15-10)17-13(3,4)12-14-6-7-18-12/h6-8H,5H2,1-4H3,(H,15,16,17). The van der Waals surface area contributed by atoms with Gasteiger partial charge in [-0.3, -0.25) is 0 Å². The highest BCUT2D eigenvalue weighted by molar-refractivity contribution is 7.09. The summed E-state index contributed by atoms with van der Waals surface area (Å²) in [7, 11) is 0. The van der Waals surface area contributed by atoms with Crippen LogP contribution in [0, 0.1) is 6.92 Å². The van der Waals surface area contributed by atoms with Crippen LogP contribution in [0.15, 0.2) is 17.6 Å². The number of anilines is 1. The van der Waals surface area contributed by atoms with E-state index < -0.39 is 0 Å². The van der Waals surface area contributed by atoms with Crippen molar-refractivity contribution in [1.29, 1.82) is 0 Å². The molecule has 1 N–H and O–H groups in total. The molecule has 4 nitrogen and oxygen atoms in total. The molecule has 0 unspecified atom stereocenters. The van der Waals surface area contributed by atoms with E-state index in [-0.39, 0.29) is 5.54 Å². The van der Waals surface area contributed by atoms with Crippen LogP contribution in [0.5, 0.6) is 0 Å². The molecule has 0 aliphatic carbocycles. The summed E-state index contributed by atoms with van der Waals surface area (Å²) in [6, 6.07) is 2.00. The van der Waals surface area contributed by atoms with Crippen LogP contribution in [0.2, 0.25) is 0 Å². The Morgan fingerprint density at radius 2 is 2.11 bits per heavy atom. The monoisotopic (exact) mass is 262 g/mol. The zero-order chi connectivity index (χ0) is 13.2. The molecular formula is C13H18N4S. The third kappa shape index (κ3) is 2.85. The fraction of sp³-hybridized carbons (Fsp3) is 0.462. The van der Waals surface area contributed by atoms with Gasteiger partial charge in [-0.2, -0.15) is 0 Å². The zero-order valence-corrected chi connectivity index (χ0v) is 12.0. The Morgan fingerprint density at radius 3 is 2.72 bits per heavy atom. The van der Waals surface area contributed by atoms with Gasteiger partial charge in [-0.25, -0.2) is 15.0 Å². The molecule has 0 aliphatic heterocycles. The summed E-state index contributed by atoms with van der Waals surface area (Å²) in [6.07, 6.45) is 2.74. The Balaban J connectivity index is 2.26. The van der Waals surface area contributed by atoms with E-state index in [1.54, 1.807) is 11.3 Å². The maximum atomic E-state index is 4.43. The minimum absolute atomic E-state index is 0.222. The number of rotatable bonds is 4. The molecule has 0 saturated heterocycles. The molecule has 96 valence electrons. The summed E-state index contributed by atoms with van der Waals surface area (Å²) in [5, 5.41) is 6.47. The van der Waals surface area contributed by atoms with E-state index in [1.807, 2.05) is 24.6 Å². The van der Waals surface area contributed by atoms with Crippen LogP contribution in [0.3, 0.4) is 0 Å². The predicted octanol–water partition coefficient (Wildman–Crippen LogP) is 3.15. The van der Waals surface area contributed by atoms with E-state index in [9.17, 15) is 0 Å². The first-order valence-corrected chi connectivity index (χ1v) is 6.92. The first-order valence-electron chi connectivity index (χ1n) is 6.04. The molecule has 2 aromatic rings. The number of aromatic nitrogens is 3. The number of aryl methyl sites for hydroxylation is 2. The molecule has 18 heavy (non-hydrogen) atoms. The second kappa shape index (κ2) is 5.02. The largest absolute Gasteiger partial charge is 0.359 e. The minimum Gasteiger partial charge on any atom is -0.359 e. The summed E-state index contributed by atoms with van der Waals surface area (Å²) in [5.74, 6) is 1.66. The molecule has 0 radical (unpaired) electrons. The number of nitrogens with one attached hydrogen (secondary N) is 1. The molecule has 0 saturated carbocycles. The molecule has 2 aromatic heterocycles. The van der Waals surface area contributed by atoms with Crippen molar-refractivity contribution in [2.45, 2.75) is 39.7 Å². The van der Waals surface area contributed by atoms with Crippen LogP contribution < -0.4 is 5.32 Å². The van der Waals surface area contributed by atoms with Crippen LogP contribution in [0.4, 0.5) is 5.82 Å². The number of hydrogen-bond donors (Lipinski definition) is 1. The highest BCUT2D eigenvalue weighted by Crippen LogP contribution is 2.26. The van der Waals surface area contributed by atoms with Gasteiger partial charge in [0, 0.05) is 23.3 Å². The van der Waals surface area contributed by atoms with Gasteiger partial charge in [0.05, 0.1) is 5.54 Å². The van der Waals surface area contributed by atoms with E-state index in [1.165, 1.54) is 0 Å². The Kier molecular flexibility index (Phi) is 3.61. The van der Waals surface area contributed by atoms with Crippen molar-refractivity contribution in [2.75, 3.05) is 5.32 Å². The Labute approximate surface area is 112 Å². The third-order valence-electron chi connectivity index (χ3n) is 2.66. The number of thiazole rings is 1. The summed E-state index contributed by atoms with van der Waals surface area (Å²) in [6.45, 7) is 8.22. The van der Waals surface area contributed by atoms with Crippen molar-refractivity contribution in [3.63, 3.8) is 0 Å². The van der Waals surface area contributed by atoms with E-state index in [4.69, 9.17) is 0 Å². The third-order valence-corrected chi connectivity index (χ3v) is 3.76. The van der Waals surface area contributed by atoms with Gasteiger partial charge >= 0.3 is 0 Å². The molecule has 0 amide bonds. The van der Waals surface area contributed by atoms with Crippen LogP contribution in [0.1, 0.15) is 37.3 Å². The van der Waals surface area contributed by atoms with Gasteiger partial charge in [0.15, 0.2) is 0 Å². The molecule has 0 fully saturated rings. The Hall–Kier alpha value is -1.49. The van der Waals surface area contributed by atoms with Gasteiger partial charge in [0.25, 0.3) is 0 Å². The first-order chi connectivity index (χ1) is 8.51. The van der Waals surface area contributed by atoms with Gasteiger partial charge < -0.3 is 5.32 Å². The second-order valence-corrected chi connectivity index (χ2v) is 5.63. The van der Waals surface area contributed by atoms with Crippen molar-refractivity contribution in [2.24, 2.45) is 0 Å². The normalized spacial score (nSPS) is 11.6. The average molecular weight is 262 g/mol. The van der Waals surface area contributed by atoms with Crippen LogP contribution >= 0.6 is 11.3 Å². The van der Waals surface area contributed by atoms with Crippen molar-refractivity contribution in [3.05, 3.63) is 34.2 Å². The van der Waals surface area contributed by atoms with Crippen LogP contribution in [-0.2, 0) is 12.0 Å². The van der Waals surface area contributed by atoms with E-state index in [2.05, 4.69) is 41.0 Å². The molecule has 0 aliphatic rings. The van der Waals surface area contributed by atoms with Gasteiger partial charge in [-0.1, -0.05) is 6.92 Å². The number of hydrogen-bond acceptors (Lipinski definition) is 5. The van der Waals surface area contributed by atoms with Gasteiger partial charge in [0.1, 0.15) is 16.6 Å². The summed E-state index contributed by atoms with van der Waals surface area (Å²) in [5.41, 5.74) is 0.833. The highest BCUT2D eigenvalue weighted by atomic mass is 32.1. The summed E-state index contributed by atoms with van der Waals surface area (Å²) >= 11 is 1.65. The smallest absolute Gasteiger partial charge is 0.130 e. The topological polar surface area (TPSA) is 50.7 Å². The molecule has 0 atom stereocenters. The predicted molar refractivity (Wildman–Crippen MR) is 74.9 cm³/mol. The SMILES string of the molecule is CCc1cc(NC(C)(C)c2nccs2)nc(C)n1. The summed E-state index contributed by atoms with van der Waals surface area (Å²) < 4.78 is 0. The lowest BCUT2D eigenvalue weighted by atomic mass is 10.1. The highest BCUT2D eigenvalue weighted by Gasteiger charge is 2.23. The Bertz CT molecular complexity index is 520. The van der Waals surface area contributed by atoms with Crippen molar-refractivity contribution in [3.8, 4) is 0 Å². The zero-order valence-electron chi connectivity index (χ0n) is 11.2. The molecule has 2 rings (SSSR count). The van der Waals surface area contributed by atoms with Gasteiger partial charge in [0.2, 0.25) is 0 Å². The maximum Gasteiger partial charge on any atom is 0.130 e. The minimum atomic E-state index is -0.222. The maximum absolute atomic E-state index is 4.43. The number of nitrogens with zero attached hydrogens (tertiary/aromatic N) is 3. The second-order valence-electron chi connectivity index (χ2n) is 4.73. The van der Waals surface area contributed by atoms with Crippen molar-refractivity contribution >= 4 is 17.2 Å². The fourth-order valence-corrected chi connectivity index (χ4v) is 2.50. The molecule has 0 spiro atoms. The van der Waals surface area contributed by atoms with Gasteiger partial charge in [-0.05, 0) is 27.2 Å². The molecule has 2 heterocycles. The van der Waals surface area contributed by atoms with Crippen molar-refractivity contribution in [1.82, 2.24) is 15.0 Å². The molecular weight excluding hydrogens is 244 g/mol. The quantitative estimate of drug-likeness (QED) is 0.919. The first kappa shape index (κ1) is 13.0. The lowest BCUT2D eigenvalue weighted by Crippen LogP contribution is -2.28. The van der Waals surface area contributed by atoms with Crippen molar-refractivity contribution < 1.29 is 0 Å². The Morgan fingerprint density at radius 1 is 1.33 bits per heavy atom. The summed E-state index contributed by atoms with van der Waals surface area (Å²) in [4.78, 5) is 13.2. The van der Waals surface area contributed by atoms with Gasteiger partial charge in [-0.15, -0.1) is 11.3 Å². The average Bonchev–Trinajstić information content (AvgIpc) is 2.81. The lowest BCUT2D eigenvalue weighted by molar-refractivity contribution is 0.599. The van der Waals surface area contributed by atoms with Crippen LogP contribution in [-0.4, -0.2) is 15.0 Å². The van der Waals surface area contributed by atoms with Crippen LogP contribution in [0.25, 0.3) is 0 Å². The van der Waals surface area contributed by atoms with E-state index >= 15 is 0 Å². The fourth-order valence-electron chi connectivity index (χ4n) is 1.78.